The number of carbonyl (C=O) groups is 1. The number of nitro benzene ring substituents is 1. The van der Waals surface area contributed by atoms with Gasteiger partial charge in [-0.05, 0) is 6.26 Å². The highest BCUT2D eigenvalue weighted by Gasteiger charge is 2.34. The number of hydrogen-bond acceptors (Lipinski definition) is 6. The number of H-pyrrole nitrogens is 1. The van der Waals surface area contributed by atoms with E-state index >= 15 is 0 Å². The minimum absolute atomic E-state index is 0.0404. The second-order valence-electron chi connectivity index (χ2n) is 4.96. The molecule has 23 heavy (non-hydrogen) atoms. The van der Waals surface area contributed by atoms with Gasteiger partial charge in [-0.1, -0.05) is 30.0 Å². The first kappa shape index (κ1) is 15.2. The fraction of sp³-hybridized carbons (Fsp3) is 0.214. The molecule has 9 heteroatoms. The minimum atomic E-state index is -0.701. The molecule has 2 aromatic rings. The molecule has 1 aromatic heterocycles. The number of carbonyl (C=O) groups excluding carboxylic acids is 1. The van der Waals surface area contributed by atoms with E-state index in [9.17, 15) is 19.7 Å². The molecule has 0 radical (unpaired) electrons. The largest absolute Gasteiger partial charge is 0.310 e. The third kappa shape index (κ3) is 2.70. The molecule has 0 saturated carbocycles. The van der Waals surface area contributed by atoms with E-state index in [0.29, 0.717) is 10.7 Å². The van der Waals surface area contributed by atoms with Crippen molar-refractivity contribution in [3.8, 4) is 0 Å². The first-order valence-electron chi connectivity index (χ1n) is 6.72. The second-order valence-corrected chi connectivity index (χ2v) is 5.75. The van der Waals surface area contributed by atoms with E-state index in [4.69, 9.17) is 0 Å². The lowest BCUT2D eigenvalue weighted by Crippen LogP contribution is -2.31. The summed E-state index contributed by atoms with van der Waals surface area (Å²) < 4.78 is 0. The summed E-state index contributed by atoms with van der Waals surface area (Å²) in [5.74, 6) is -0.865. The maximum Gasteiger partial charge on any atom is 0.273 e. The summed E-state index contributed by atoms with van der Waals surface area (Å²) in [6, 6.07) is 6.11. The molecule has 0 aliphatic carbocycles. The maximum atomic E-state index is 12.4. The predicted octanol–water partition coefficient (Wildman–Crippen LogP) is 1.87. The fourth-order valence-electron chi connectivity index (χ4n) is 2.66. The Labute approximate surface area is 134 Å². The van der Waals surface area contributed by atoms with E-state index in [-0.39, 0.29) is 29.4 Å². The van der Waals surface area contributed by atoms with Gasteiger partial charge < -0.3 is 10.3 Å². The number of anilines is 1. The highest BCUT2D eigenvalue weighted by atomic mass is 32.2. The maximum absolute atomic E-state index is 12.4. The average molecular weight is 332 g/mol. The number of nitrogens with zero attached hydrogens (tertiary/aromatic N) is 2. The number of aromatic nitrogens is 2. The van der Waals surface area contributed by atoms with Gasteiger partial charge in [0.25, 0.3) is 11.2 Å². The van der Waals surface area contributed by atoms with Gasteiger partial charge in [0.15, 0.2) is 5.16 Å². The zero-order valence-electron chi connectivity index (χ0n) is 12.0. The second kappa shape index (κ2) is 5.84. The standard InChI is InChI=1S/C14H12N4O4S/c1-23-14-16-12-11(13(20)17-14)8(6-10(19)15-12)7-4-2-3-5-9(7)18(21)22/h2-5,8H,6H2,1H3,(H2,15,16,17,19,20)/t8-/m0/s1. The van der Waals surface area contributed by atoms with Crippen molar-refractivity contribution < 1.29 is 9.72 Å². The van der Waals surface area contributed by atoms with Gasteiger partial charge in [-0.25, -0.2) is 4.98 Å². The molecule has 2 heterocycles. The van der Waals surface area contributed by atoms with Crippen LogP contribution in [0.2, 0.25) is 0 Å². The van der Waals surface area contributed by atoms with Crippen molar-refractivity contribution in [1.82, 2.24) is 9.97 Å². The quantitative estimate of drug-likeness (QED) is 0.383. The van der Waals surface area contributed by atoms with E-state index in [1.54, 1.807) is 24.5 Å². The van der Waals surface area contributed by atoms with Crippen LogP contribution in [-0.4, -0.2) is 27.1 Å². The molecule has 1 aliphatic heterocycles. The number of aromatic amines is 1. The molecule has 1 atom stereocenters. The molecule has 0 spiro atoms. The summed E-state index contributed by atoms with van der Waals surface area (Å²) >= 11 is 1.24. The average Bonchev–Trinajstić information content (AvgIpc) is 2.53. The van der Waals surface area contributed by atoms with Crippen LogP contribution in [0.1, 0.15) is 23.5 Å². The van der Waals surface area contributed by atoms with Gasteiger partial charge in [0, 0.05) is 24.0 Å². The van der Waals surface area contributed by atoms with Gasteiger partial charge in [-0.3, -0.25) is 19.7 Å². The van der Waals surface area contributed by atoms with Crippen LogP contribution in [0, 0.1) is 10.1 Å². The van der Waals surface area contributed by atoms with Crippen LogP contribution in [0.25, 0.3) is 0 Å². The summed E-state index contributed by atoms with van der Waals surface area (Å²) in [4.78, 5) is 41.9. The molecule has 1 aromatic carbocycles. The number of rotatable bonds is 3. The first-order valence-corrected chi connectivity index (χ1v) is 7.95. The Morgan fingerprint density at radius 3 is 2.78 bits per heavy atom. The summed E-state index contributed by atoms with van der Waals surface area (Å²) in [5, 5.41) is 14.2. The monoisotopic (exact) mass is 332 g/mol. The summed E-state index contributed by atoms with van der Waals surface area (Å²) in [7, 11) is 0. The molecule has 0 bridgehead atoms. The number of amides is 1. The van der Waals surface area contributed by atoms with Crippen LogP contribution in [0.5, 0.6) is 0 Å². The van der Waals surface area contributed by atoms with Crippen molar-refractivity contribution in [1.29, 1.82) is 0 Å². The number of nitrogens with one attached hydrogen (secondary N) is 2. The zero-order chi connectivity index (χ0) is 16.6. The van der Waals surface area contributed by atoms with Crippen molar-refractivity contribution in [2.24, 2.45) is 0 Å². The third-order valence-corrected chi connectivity index (χ3v) is 4.21. The lowest BCUT2D eigenvalue weighted by molar-refractivity contribution is -0.385. The topological polar surface area (TPSA) is 118 Å². The van der Waals surface area contributed by atoms with E-state index in [2.05, 4.69) is 15.3 Å². The number of fused-ring (bicyclic) bond motifs is 1. The zero-order valence-corrected chi connectivity index (χ0v) is 12.8. The molecule has 1 aliphatic rings. The lowest BCUT2D eigenvalue weighted by atomic mass is 9.86. The van der Waals surface area contributed by atoms with Crippen molar-refractivity contribution >= 4 is 29.2 Å². The lowest BCUT2D eigenvalue weighted by Gasteiger charge is -2.24. The SMILES string of the molecule is CSc1nc2c(c(=O)[nH]1)[C@H](c1ccccc1[N+](=O)[O-])CC(=O)N2. The molecule has 2 N–H and O–H groups in total. The number of hydrogen-bond donors (Lipinski definition) is 2. The van der Waals surface area contributed by atoms with Crippen LogP contribution in [0.3, 0.4) is 0 Å². The van der Waals surface area contributed by atoms with Gasteiger partial charge in [0.1, 0.15) is 5.82 Å². The number of para-hydroxylation sites is 1. The van der Waals surface area contributed by atoms with Crippen LogP contribution in [-0.2, 0) is 4.79 Å². The Balaban J connectivity index is 2.23. The predicted molar refractivity (Wildman–Crippen MR) is 84.8 cm³/mol. The van der Waals surface area contributed by atoms with Crippen molar-refractivity contribution in [2.45, 2.75) is 17.5 Å². The Morgan fingerprint density at radius 2 is 2.09 bits per heavy atom. The minimum Gasteiger partial charge on any atom is -0.310 e. The molecule has 118 valence electrons. The number of nitro groups is 1. The van der Waals surface area contributed by atoms with Crippen molar-refractivity contribution in [2.75, 3.05) is 11.6 Å². The Bertz CT molecular complexity index is 864. The van der Waals surface area contributed by atoms with E-state index in [1.165, 1.54) is 17.8 Å². The highest BCUT2D eigenvalue weighted by Crippen LogP contribution is 2.38. The number of thioether (sulfide) groups is 1. The summed E-state index contributed by atoms with van der Waals surface area (Å²) in [6.45, 7) is 0. The molecule has 0 fully saturated rings. The van der Waals surface area contributed by atoms with Crippen LogP contribution >= 0.6 is 11.8 Å². The smallest absolute Gasteiger partial charge is 0.273 e. The molecule has 1 amide bonds. The molecule has 8 nitrogen and oxygen atoms in total. The first-order chi connectivity index (χ1) is 11.0. The molecular formula is C14H12N4O4S. The fourth-order valence-corrected chi connectivity index (χ4v) is 3.04. The van der Waals surface area contributed by atoms with Crippen LogP contribution in [0.4, 0.5) is 11.5 Å². The van der Waals surface area contributed by atoms with Gasteiger partial charge in [-0.15, -0.1) is 0 Å². The van der Waals surface area contributed by atoms with Crippen LogP contribution in [0.15, 0.2) is 34.2 Å². The molecule has 0 saturated heterocycles. The Hall–Kier alpha value is -2.68. The van der Waals surface area contributed by atoms with Gasteiger partial charge >= 0.3 is 0 Å². The van der Waals surface area contributed by atoms with Crippen molar-refractivity contribution in [3.05, 3.63) is 55.9 Å². The molecular weight excluding hydrogens is 320 g/mol. The van der Waals surface area contributed by atoms with Gasteiger partial charge in [0.05, 0.1) is 10.5 Å². The van der Waals surface area contributed by atoms with Gasteiger partial charge in [0.2, 0.25) is 5.91 Å². The Morgan fingerprint density at radius 1 is 1.35 bits per heavy atom. The van der Waals surface area contributed by atoms with E-state index < -0.39 is 16.4 Å². The van der Waals surface area contributed by atoms with E-state index in [0.717, 1.165) is 0 Å². The Kier molecular flexibility index (Phi) is 3.87. The summed E-state index contributed by atoms with van der Waals surface area (Å²) in [5.41, 5.74) is 0.0588. The van der Waals surface area contributed by atoms with Crippen LogP contribution < -0.4 is 10.9 Å². The van der Waals surface area contributed by atoms with Crippen molar-refractivity contribution in [3.63, 3.8) is 0 Å². The van der Waals surface area contributed by atoms with Gasteiger partial charge in [-0.2, -0.15) is 0 Å². The normalized spacial score (nSPS) is 16.6. The summed E-state index contributed by atoms with van der Waals surface area (Å²) in [6.07, 6.45) is 1.70. The van der Waals surface area contributed by atoms with E-state index in [1.807, 2.05) is 0 Å². The highest BCUT2D eigenvalue weighted by molar-refractivity contribution is 7.98. The molecule has 3 rings (SSSR count). The third-order valence-electron chi connectivity index (χ3n) is 3.63. The molecule has 0 unspecified atom stereocenters. The number of benzene rings is 1.